The van der Waals surface area contributed by atoms with Gasteiger partial charge in [-0.1, -0.05) is 206 Å². The predicted molar refractivity (Wildman–Crippen MR) is 276 cm³/mol. The molecule has 0 saturated heterocycles. The Morgan fingerprint density at radius 3 is 0.810 bits per heavy atom. The van der Waals surface area contributed by atoms with Crippen LogP contribution in [-0.4, -0.2) is 16.1 Å². The first-order valence-electron chi connectivity index (χ1n) is 23.4. The molecule has 6 aliphatic rings. The zero-order valence-corrected chi connectivity index (χ0v) is 51.9. The summed E-state index contributed by atoms with van der Waals surface area (Å²) >= 11 is 0. The zero-order chi connectivity index (χ0) is 34.8. The van der Waals surface area contributed by atoms with Crippen molar-refractivity contribution in [3.8, 4) is 0 Å². The second kappa shape index (κ2) is 43.1. The van der Waals surface area contributed by atoms with Crippen molar-refractivity contribution in [1.82, 2.24) is 0 Å². The first-order chi connectivity index (χ1) is 23.4. The van der Waals surface area contributed by atoms with Crippen LogP contribution in [0.3, 0.4) is 0 Å². The minimum absolute atomic E-state index is 0. The summed E-state index contributed by atoms with van der Waals surface area (Å²) in [7, 11) is -1.56. The predicted octanol–water partition coefficient (Wildman–Crippen LogP) is 20.2. The first-order valence-corrected chi connectivity index (χ1v) is 29.0. The maximum atomic E-state index is 2.44. The molecule has 6 aliphatic carbocycles. The van der Waals surface area contributed by atoms with Gasteiger partial charge >= 0.3 is 52.0 Å². The molecule has 0 nitrogen and oxygen atoms in total. The molecular formula is C54H116HfSi2Zr. The van der Waals surface area contributed by atoms with Crippen molar-refractivity contribution in [2.75, 3.05) is 0 Å². The average Bonchev–Trinajstić information content (AvgIpc) is 3.98. The Morgan fingerprint density at radius 1 is 0.328 bits per heavy atom. The summed E-state index contributed by atoms with van der Waals surface area (Å²) in [5, 5.41) is 0. The van der Waals surface area contributed by atoms with E-state index >= 15 is 0 Å². The van der Waals surface area contributed by atoms with E-state index in [2.05, 4.69) is 55.4 Å². The van der Waals surface area contributed by atoms with E-state index in [0.717, 1.165) is 47.3 Å². The van der Waals surface area contributed by atoms with E-state index in [1.54, 1.807) is 89.1 Å². The van der Waals surface area contributed by atoms with Gasteiger partial charge in [0.2, 0.25) is 0 Å². The summed E-state index contributed by atoms with van der Waals surface area (Å²) < 4.78 is 0. The van der Waals surface area contributed by atoms with E-state index in [9.17, 15) is 0 Å². The molecule has 6 unspecified atom stereocenters. The minimum Gasteiger partial charge on any atom is -0.358 e. The fraction of sp³-hybridized carbons (Fsp3) is 0.852. The molecular weight excluding hydrogens is 974 g/mol. The molecule has 348 valence electrons. The molecule has 6 rings (SSSR count). The summed E-state index contributed by atoms with van der Waals surface area (Å²) in [5.41, 5.74) is 0. The van der Waals surface area contributed by atoms with Crippen LogP contribution in [-0.2, 0) is 52.0 Å². The van der Waals surface area contributed by atoms with Gasteiger partial charge in [-0.15, -0.1) is 0 Å². The number of hydrogen-bond donors (Lipinski definition) is 0. The smallest absolute Gasteiger partial charge is 0.358 e. The van der Waals surface area contributed by atoms with Gasteiger partial charge in [0, 0.05) is 0 Å². The van der Waals surface area contributed by atoms with Gasteiger partial charge in [0.05, 0.1) is 16.1 Å². The van der Waals surface area contributed by atoms with E-state index in [4.69, 9.17) is 0 Å². The molecule has 0 aromatic rings. The molecule has 6 saturated carbocycles. The quantitative estimate of drug-likeness (QED) is 0.135. The van der Waals surface area contributed by atoms with Crippen LogP contribution < -0.4 is 0 Å². The molecule has 58 heavy (non-hydrogen) atoms. The van der Waals surface area contributed by atoms with Gasteiger partial charge in [0.1, 0.15) is 0 Å². The van der Waals surface area contributed by atoms with Gasteiger partial charge in [0.25, 0.3) is 0 Å². The third-order valence-electron chi connectivity index (χ3n) is 16.9. The molecule has 0 aliphatic heterocycles. The van der Waals surface area contributed by atoms with Crippen molar-refractivity contribution in [2.24, 2.45) is 47.3 Å². The molecule has 0 spiro atoms. The summed E-state index contributed by atoms with van der Waals surface area (Å²) in [5.74, 6) is 9.07. The van der Waals surface area contributed by atoms with Gasteiger partial charge in [-0.25, -0.2) is 0 Å². The monoisotopic (exact) mass is 1090 g/mol. The van der Waals surface area contributed by atoms with Crippen molar-refractivity contribution in [2.45, 2.75) is 245 Å². The molecule has 4 heteroatoms. The van der Waals surface area contributed by atoms with Crippen molar-refractivity contribution >= 4 is 16.1 Å². The zero-order valence-electron chi connectivity index (χ0n) is 43.8. The fourth-order valence-corrected chi connectivity index (χ4v) is 20.7. The molecule has 6 fully saturated rings. The maximum Gasteiger partial charge on any atom is 4.00 e. The second-order valence-electron chi connectivity index (χ2n) is 18.7. The number of fused-ring (bicyclic) bond motifs is 2. The van der Waals surface area contributed by atoms with Crippen LogP contribution in [0.15, 0.2) is 0 Å². The SMILES string of the molecule is CCC1CCC2CCCCC12.CCC1CCC2CCCCC12.CC[Si](CC)(CC)CC1CCCC1.CC[Si](CC)(CC)CC1CCCC1.[CH3-].[CH3-].[CH3-].[CH3-].[CH3-].[CH3-].[CH3-].[CH3-].[Hf+4].[Zr+4]. The second-order valence-corrected chi connectivity index (χ2v) is 29.8. The van der Waals surface area contributed by atoms with Crippen molar-refractivity contribution in [3.05, 3.63) is 59.4 Å². The van der Waals surface area contributed by atoms with Crippen LogP contribution in [0.5, 0.6) is 0 Å². The molecule has 0 heterocycles. The molecule has 6 atom stereocenters. The minimum atomic E-state index is -0.782. The molecule has 0 aromatic carbocycles. The van der Waals surface area contributed by atoms with E-state index in [0.29, 0.717) is 0 Å². The summed E-state index contributed by atoms with van der Waals surface area (Å²) in [4.78, 5) is 0. The average molecular weight is 1090 g/mol. The number of rotatable bonds is 12. The van der Waals surface area contributed by atoms with Crippen molar-refractivity contribution in [1.29, 1.82) is 0 Å². The topological polar surface area (TPSA) is 0 Å². The standard InChI is InChI=1S/2C12H26Si.2C11H20.8CH3.Hf.Zr/c2*1-4-13(5-2,6-3)11-12-9-7-8-10-12;2*1-2-9-7-8-10-5-3-4-6-11(9)10;;;;;;;;;;/h2*12H,4-11H2,1-3H3;2*9-11H,2-8H2,1H3;8*1H3;;/q;;;;8*-1;2*+4. The Labute approximate surface area is 416 Å². The normalized spacial score (nSPS) is 25.4. The van der Waals surface area contributed by atoms with Crippen LogP contribution in [0.1, 0.15) is 197 Å². The summed E-state index contributed by atoms with van der Waals surface area (Å²) in [6.07, 6.45) is 33.7. The summed E-state index contributed by atoms with van der Waals surface area (Å²) in [6, 6.07) is 12.4. The Balaban J connectivity index is -0.0000000907. The Hall–Kier alpha value is 2.19. The third-order valence-corrected chi connectivity index (χ3v) is 28.8. The Bertz CT molecular complexity index is 706. The fourth-order valence-electron chi connectivity index (χ4n) is 12.7. The van der Waals surface area contributed by atoms with Gasteiger partial charge < -0.3 is 59.4 Å². The van der Waals surface area contributed by atoms with Crippen LogP contribution >= 0.6 is 0 Å². The third kappa shape index (κ3) is 24.5. The van der Waals surface area contributed by atoms with Crippen LogP contribution in [0.25, 0.3) is 0 Å². The van der Waals surface area contributed by atoms with Crippen LogP contribution in [0, 0.1) is 107 Å². The van der Waals surface area contributed by atoms with Gasteiger partial charge in [0.15, 0.2) is 0 Å². The van der Waals surface area contributed by atoms with Crippen LogP contribution in [0.4, 0.5) is 0 Å². The van der Waals surface area contributed by atoms with E-state index in [1.807, 2.05) is 0 Å². The molecule has 0 bridgehead atoms. The Kier molecular flexibility index (Phi) is 57.5. The largest absolute Gasteiger partial charge is 4.00 e. The Morgan fingerprint density at radius 2 is 0.569 bits per heavy atom. The maximum absolute atomic E-state index is 2.44. The first kappa shape index (κ1) is 77.4. The van der Waals surface area contributed by atoms with Crippen molar-refractivity contribution in [3.63, 3.8) is 0 Å². The van der Waals surface area contributed by atoms with Gasteiger partial charge in [-0.2, -0.15) is 0 Å². The number of hydrogen-bond acceptors (Lipinski definition) is 0. The van der Waals surface area contributed by atoms with Crippen molar-refractivity contribution < 1.29 is 52.0 Å². The molecule has 0 amide bonds. The van der Waals surface area contributed by atoms with Gasteiger partial charge in [-0.3, -0.25) is 0 Å². The van der Waals surface area contributed by atoms with E-state index in [-0.39, 0.29) is 111 Å². The molecule has 0 radical (unpaired) electrons. The van der Waals surface area contributed by atoms with E-state index < -0.39 is 16.1 Å². The molecule has 0 aromatic heterocycles. The summed E-state index contributed by atoms with van der Waals surface area (Å²) in [6.45, 7) is 19.4. The van der Waals surface area contributed by atoms with Crippen LogP contribution in [0.2, 0.25) is 48.4 Å². The van der Waals surface area contributed by atoms with E-state index in [1.165, 1.54) is 100 Å². The molecule has 0 N–H and O–H groups in total. The van der Waals surface area contributed by atoms with Gasteiger partial charge in [-0.05, 0) is 85.9 Å².